The Morgan fingerprint density at radius 3 is 2.23 bits per heavy atom. The summed E-state index contributed by atoms with van der Waals surface area (Å²) in [7, 11) is 0. The van der Waals surface area contributed by atoms with Crippen LogP contribution in [0.25, 0.3) is 0 Å². The molecule has 5 heteroatoms. The van der Waals surface area contributed by atoms with Gasteiger partial charge in [0.25, 0.3) is 5.91 Å². The van der Waals surface area contributed by atoms with Crippen molar-refractivity contribution in [3.8, 4) is 0 Å². The standard InChI is InChI=1S/C26H25FN2O2/c27-24-14-8-7-13-23(24)26(31)29-17-21(20-11-5-2-6-12-20)15-22(18-29)25(30)28-16-19-9-3-1-4-10-19/h1-14,21-22H,15-18H2,(H,28,30)/t21-,22+/m1/s1. The lowest BCUT2D eigenvalue weighted by Crippen LogP contribution is -2.48. The van der Waals surface area contributed by atoms with E-state index in [0.717, 1.165) is 11.1 Å². The largest absolute Gasteiger partial charge is 0.352 e. The lowest BCUT2D eigenvalue weighted by atomic mass is 9.83. The Labute approximate surface area is 181 Å². The fraction of sp³-hybridized carbons (Fsp3) is 0.231. The Morgan fingerprint density at radius 1 is 0.871 bits per heavy atom. The summed E-state index contributed by atoms with van der Waals surface area (Å²) in [6, 6.07) is 25.6. The zero-order valence-electron chi connectivity index (χ0n) is 17.2. The maximum Gasteiger partial charge on any atom is 0.256 e. The third kappa shape index (κ3) is 5.00. The van der Waals surface area contributed by atoms with Crippen molar-refractivity contribution in [1.82, 2.24) is 10.2 Å². The van der Waals surface area contributed by atoms with Crippen LogP contribution in [0.15, 0.2) is 84.9 Å². The molecule has 0 aromatic heterocycles. The second-order valence-electron chi connectivity index (χ2n) is 7.93. The van der Waals surface area contributed by atoms with Crippen molar-refractivity contribution >= 4 is 11.8 Å². The highest BCUT2D eigenvalue weighted by molar-refractivity contribution is 5.95. The van der Waals surface area contributed by atoms with Crippen LogP contribution in [-0.4, -0.2) is 29.8 Å². The number of hydrogen-bond acceptors (Lipinski definition) is 2. The first-order valence-corrected chi connectivity index (χ1v) is 10.5. The van der Waals surface area contributed by atoms with Gasteiger partial charge in [-0.15, -0.1) is 0 Å². The second kappa shape index (κ2) is 9.56. The molecule has 0 bridgehead atoms. The number of nitrogens with zero attached hydrogens (tertiary/aromatic N) is 1. The number of amides is 2. The third-order valence-corrected chi connectivity index (χ3v) is 5.79. The molecule has 3 aromatic rings. The number of piperidine rings is 1. The van der Waals surface area contributed by atoms with E-state index in [-0.39, 0.29) is 35.8 Å². The number of nitrogens with one attached hydrogen (secondary N) is 1. The fourth-order valence-electron chi connectivity index (χ4n) is 4.16. The number of halogens is 1. The van der Waals surface area contributed by atoms with Crippen LogP contribution < -0.4 is 5.32 Å². The zero-order valence-corrected chi connectivity index (χ0v) is 17.2. The highest BCUT2D eigenvalue weighted by atomic mass is 19.1. The van der Waals surface area contributed by atoms with E-state index in [4.69, 9.17) is 0 Å². The van der Waals surface area contributed by atoms with E-state index in [2.05, 4.69) is 5.32 Å². The molecule has 1 saturated heterocycles. The van der Waals surface area contributed by atoms with Crippen molar-refractivity contribution in [3.05, 3.63) is 107 Å². The minimum atomic E-state index is -0.542. The number of likely N-dealkylation sites (tertiary alicyclic amines) is 1. The Hall–Kier alpha value is -3.47. The topological polar surface area (TPSA) is 49.4 Å². The molecule has 0 unspecified atom stereocenters. The molecule has 2 amide bonds. The Kier molecular flexibility index (Phi) is 6.41. The summed E-state index contributed by atoms with van der Waals surface area (Å²) < 4.78 is 14.3. The van der Waals surface area contributed by atoms with E-state index in [1.807, 2.05) is 60.7 Å². The summed E-state index contributed by atoms with van der Waals surface area (Å²) in [6.45, 7) is 1.17. The molecule has 0 radical (unpaired) electrons. The lowest BCUT2D eigenvalue weighted by molar-refractivity contribution is -0.126. The minimum absolute atomic E-state index is 0.0122. The molecule has 4 rings (SSSR count). The third-order valence-electron chi connectivity index (χ3n) is 5.79. The highest BCUT2D eigenvalue weighted by Gasteiger charge is 2.35. The molecular weight excluding hydrogens is 391 g/mol. The fourth-order valence-corrected chi connectivity index (χ4v) is 4.16. The van der Waals surface area contributed by atoms with Gasteiger partial charge in [-0.25, -0.2) is 4.39 Å². The van der Waals surface area contributed by atoms with Crippen LogP contribution in [0.1, 0.15) is 33.8 Å². The van der Waals surface area contributed by atoms with E-state index in [1.54, 1.807) is 17.0 Å². The van der Waals surface area contributed by atoms with Crippen LogP contribution in [0, 0.1) is 11.7 Å². The maximum absolute atomic E-state index is 14.3. The van der Waals surface area contributed by atoms with Gasteiger partial charge >= 0.3 is 0 Å². The van der Waals surface area contributed by atoms with Gasteiger partial charge in [-0.3, -0.25) is 9.59 Å². The molecule has 0 aliphatic carbocycles. The molecule has 0 spiro atoms. The molecule has 31 heavy (non-hydrogen) atoms. The highest BCUT2D eigenvalue weighted by Crippen LogP contribution is 2.31. The van der Waals surface area contributed by atoms with Crippen molar-refractivity contribution in [2.45, 2.75) is 18.9 Å². The van der Waals surface area contributed by atoms with E-state index in [0.29, 0.717) is 19.5 Å². The first-order valence-electron chi connectivity index (χ1n) is 10.5. The number of carbonyl (C=O) groups is 2. The normalized spacial score (nSPS) is 18.4. The molecule has 4 nitrogen and oxygen atoms in total. The van der Waals surface area contributed by atoms with Crippen LogP contribution in [0.5, 0.6) is 0 Å². The summed E-state index contributed by atoms with van der Waals surface area (Å²) >= 11 is 0. The molecule has 1 fully saturated rings. The van der Waals surface area contributed by atoms with Crippen LogP contribution in [0.2, 0.25) is 0 Å². The average molecular weight is 416 g/mol. The monoisotopic (exact) mass is 416 g/mol. The van der Waals surface area contributed by atoms with Gasteiger partial charge in [0.1, 0.15) is 5.82 Å². The van der Waals surface area contributed by atoms with Crippen LogP contribution >= 0.6 is 0 Å². The Balaban J connectivity index is 1.54. The lowest BCUT2D eigenvalue weighted by Gasteiger charge is -2.37. The van der Waals surface area contributed by atoms with Gasteiger partial charge < -0.3 is 10.2 Å². The van der Waals surface area contributed by atoms with Gasteiger partial charge in [0, 0.05) is 25.6 Å². The van der Waals surface area contributed by atoms with E-state index < -0.39 is 5.82 Å². The van der Waals surface area contributed by atoms with E-state index >= 15 is 0 Å². The summed E-state index contributed by atoms with van der Waals surface area (Å²) in [5.74, 6) is -1.36. The van der Waals surface area contributed by atoms with Gasteiger partial charge in [0.15, 0.2) is 0 Å². The SMILES string of the molecule is O=C(NCc1ccccc1)[C@H]1C[C@@H](c2ccccc2)CN(C(=O)c2ccccc2F)C1. The van der Waals surface area contributed by atoms with E-state index in [1.165, 1.54) is 12.1 Å². The summed E-state index contributed by atoms with van der Waals surface area (Å²) in [5, 5.41) is 3.00. The number of carbonyl (C=O) groups excluding carboxylic acids is 2. The first kappa shape index (κ1) is 20.8. The predicted molar refractivity (Wildman–Crippen MR) is 118 cm³/mol. The molecule has 0 saturated carbocycles. The van der Waals surface area contributed by atoms with Gasteiger partial charge in [-0.1, -0.05) is 72.8 Å². The van der Waals surface area contributed by atoms with Crippen LogP contribution in [0.4, 0.5) is 4.39 Å². The van der Waals surface area contributed by atoms with Gasteiger partial charge in [0.05, 0.1) is 11.5 Å². The van der Waals surface area contributed by atoms with Crippen molar-refractivity contribution in [2.75, 3.05) is 13.1 Å². The minimum Gasteiger partial charge on any atom is -0.352 e. The van der Waals surface area contributed by atoms with Crippen molar-refractivity contribution in [1.29, 1.82) is 0 Å². The maximum atomic E-state index is 14.3. The van der Waals surface area contributed by atoms with Crippen LogP contribution in [0.3, 0.4) is 0 Å². The molecule has 1 N–H and O–H groups in total. The Bertz CT molecular complexity index is 1040. The summed E-state index contributed by atoms with van der Waals surface area (Å²) in [5.41, 5.74) is 2.14. The van der Waals surface area contributed by atoms with Crippen molar-refractivity contribution in [3.63, 3.8) is 0 Å². The molecule has 1 heterocycles. The molecular formula is C26H25FN2O2. The van der Waals surface area contributed by atoms with Crippen molar-refractivity contribution < 1.29 is 14.0 Å². The zero-order chi connectivity index (χ0) is 21.6. The second-order valence-corrected chi connectivity index (χ2v) is 7.93. The van der Waals surface area contributed by atoms with Crippen LogP contribution in [-0.2, 0) is 11.3 Å². The predicted octanol–water partition coefficient (Wildman–Crippen LogP) is 4.39. The van der Waals surface area contributed by atoms with Crippen molar-refractivity contribution in [2.24, 2.45) is 5.92 Å². The number of hydrogen-bond donors (Lipinski definition) is 1. The van der Waals surface area contributed by atoms with Gasteiger partial charge in [0.2, 0.25) is 5.91 Å². The first-order chi connectivity index (χ1) is 15.1. The molecule has 3 aromatic carbocycles. The summed E-state index contributed by atoms with van der Waals surface area (Å²) in [4.78, 5) is 27.7. The molecule has 158 valence electrons. The summed E-state index contributed by atoms with van der Waals surface area (Å²) in [6.07, 6.45) is 0.645. The van der Waals surface area contributed by atoms with Gasteiger partial charge in [-0.2, -0.15) is 0 Å². The van der Waals surface area contributed by atoms with E-state index in [9.17, 15) is 14.0 Å². The molecule has 1 aliphatic heterocycles. The quantitative estimate of drug-likeness (QED) is 0.671. The Morgan fingerprint density at radius 2 is 1.52 bits per heavy atom. The number of rotatable bonds is 5. The number of benzene rings is 3. The molecule has 1 aliphatic rings. The van der Waals surface area contributed by atoms with Gasteiger partial charge in [-0.05, 0) is 29.7 Å². The molecule has 2 atom stereocenters. The average Bonchev–Trinajstić information content (AvgIpc) is 2.83. The smallest absolute Gasteiger partial charge is 0.256 e.